The molecule has 11 heteroatoms. The van der Waals surface area contributed by atoms with E-state index in [1.807, 2.05) is 0 Å². The number of aromatic carboxylic acids is 1. The van der Waals surface area contributed by atoms with E-state index in [1.165, 1.54) is 30.3 Å². The molecule has 3 aromatic rings. The van der Waals surface area contributed by atoms with Gasteiger partial charge in [0.2, 0.25) is 5.69 Å². The van der Waals surface area contributed by atoms with Gasteiger partial charge >= 0.3 is 12.3 Å². The van der Waals surface area contributed by atoms with Crippen LogP contribution in [0.3, 0.4) is 0 Å². The van der Waals surface area contributed by atoms with Gasteiger partial charge in [-0.2, -0.15) is 0 Å². The molecule has 0 aliphatic heterocycles. The average Bonchev–Trinajstić information content (AvgIpc) is 3.08. The largest absolute Gasteiger partial charge is 0.573 e. The number of benzene rings is 2. The Morgan fingerprint density at radius 3 is 2.62 bits per heavy atom. The first-order valence-electron chi connectivity index (χ1n) is 7.71. The van der Waals surface area contributed by atoms with Crippen molar-refractivity contribution < 1.29 is 36.9 Å². The van der Waals surface area contributed by atoms with Crippen LogP contribution in [0.5, 0.6) is 17.4 Å². The van der Waals surface area contributed by atoms with Gasteiger partial charge in [0.25, 0.3) is 5.88 Å². The molecule has 0 saturated heterocycles. The Balaban J connectivity index is 1.95. The van der Waals surface area contributed by atoms with Crippen LogP contribution >= 0.6 is 0 Å². The number of alkyl halides is 3. The Morgan fingerprint density at radius 1 is 1.14 bits per heavy atom. The fourth-order valence-electron chi connectivity index (χ4n) is 2.13. The van der Waals surface area contributed by atoms with Crippen LogP contribution in [0.25, 0.3) is 0 Å². The summed E-state index contributed by atoms with van der Waals surface area (Å²) in [4.78, 5) is 11.0. The van der Waals surface area contributed by atoms with Gasteiger partial charge in [-0.05, 0) is 30.3 Å². The van der Waals surface area contributed by atoms with Gasteiger partial charge < -0.3 is 14.6 Å². The second-order valence-electron chi connectivity index (χ2n) is 5.36. The molecule has 148 valence electrons. The van der Waals surface area contributed by atoms with Gasteiger partial charge in [-0.1, -0.05) is 23.1 Å². The number of rotatable bonds is 4. The number of hydrogen-bond acceptors (Lipinski definition) is 5. The summed E-state index contributed by atoms with van der Waals surface area (Å²) >= 11 is 0. The predicted molar refractivity (Wildman–Crippen MR) is 88.9 cm³/mol. The molecule has 1 heterocycles. The van der Waals surface area contributed by atoms with E-state index in [9.17, 15) is 22.4 Å². The molecule has 2 aromatic carbocycles. The Morgan fingerprint density at radius 2 is 1.93 bits per heavy atom. The lowest BCUT2D eigenvalue weighted by molar-refractivity contribution is -0.274. The third-order valence-corrected chi connectivity index (χ3v) is 3.28. The van der Waals surface area contributed by atoms with Crippen molar-refractivity contribution >= 4 is 5.97 Å². The fraction of sp³-hybridized carbons (Fsp3) is 0.0556. The van der Waals surface area contributed by atoms with E-state index < -0.39 is 29.6 Å². The van der Waals surface area contributed by atoms with Gasteiger partial charge in [0.15, 0.2) is 0 Å². The molecular weight excluding hydrogens is 398 g/mol. The number of carboxylic acids is 1. The molecule has 0 aliphatic rings. The maximum absolute atomic E-state index is 13.2. The molecule has 0 unspecified atom stereocenters. The zero-order chi connectivity index (χ0) is 21.0. The van der Waals surface area contributed by atoms with Crippen molar-refractivity contribution in [2.45, 2.75) is 6.36 Å². The number of halogens is 4. The normalized spacial score (nSPS) is 10.8. The summed E-state index contributed by atoms with van der Waals surface area (Å²) in [5.74, 6) is 1.76. The minimum Gasteiger partial charge on any atom is -0.476 e. The second kappa shape index (κ2) is 7.89. The summed E-state index contributed by atoms with van der Waals surface area (Å²) in [6.45, 7) is 0. The number of H-pyrrole nitrogens is 1. The van der Waals surface area contributed by atoms with Gasteiger partial charge in [0.1, 0.15) is 17.3 Å². The first kappa shape index (κ1) is 19.7. The maximum Gasteiger partial charge on any atom is 0.573 e. The van der Waals surface area contributed by atoms with Crippen LogP contribution in [0, 0.1) is 17.7 Å². The Hall–Kier alpha value is -4.07. The molecule has 0 aliphatic carbocycles. The van der Waals surface area contributed by atoms with Crippen LogP contribution in [0.4, 0.5) is 17.6 Å². The van der Waals surface area contributed by atoms with Gasteiger partial charge in [-0.25, -0.2) is 14.3 Å². The van der Waals surface area contributed by atoms with Crippen LogP contribution in [0.2, 0.25) is 0 Å². The highest BCUT2D eigenvalue weighted by molar-refractivity contribution is 5.87. The van der Waals surface area contributed by atoms with Crippen LogP contribution in [-0.4, -0.2) is 32.8 Å². The molecule has 0 atom stereocenters. The van der Waals surface area contributed by atoms with Crippen molar-refractivity contribution in [3.63, 3.8) is 0 Å². The van der Waals surface area contributed by atoms with Crippen LogP contribution < -0.4 is 9.47 Å². The van der Waals surface area contributed by atoms with Gasteiger partial charge in [-0.3, -0.25) is 0 Å². The van der Waals surface area contributed by atoms with Crippen molar-refractivity contribution in [3.8, 4) is 29.2 Å². The standard InChI is InChI=1S/C18H9F4N3O4/c19-12-3-1-2-10(8-12)4-5-11-6-7-13(9-14(11)29-18(20,21)22)28-16-15(17(26)27)23-25-24-16/h1-3,6-9H,(H,26,27)(H,23,24,25). The summed E-state index contributed by atoms with van der Waals surface area (Å²) in [5, 5.41) is 17.7. The topological polar surface area (TPSA) is 97.3 Å². The zero-order valence-corrected chi connectivity index (χ0v) is 14.1. The maximum atomic E-state index is 13.2. The van der Waals surface area contributed by atoms with Crippen molar-refractivity contribution in [2.24, 2.45) is 0 Å². The van der Waals surface area contributed by atoms with E-state index in [1.54, 1.807) is 0 Å². The molecule has 7 nitrogen and oxygen atoms in total. The highest BCUT2D eigenvalue weighted by Crippen LogP contribution is 2.32. The third kappa shape index (κ3) is 5.23. The third-order valence-electron chi connectivity index (χ3n) is 3.28. The van der Waals surface area contributed by atoms with Gasteiger partial charge in [0.05, 0.1) is 5.56 Å². The molecule has 2 N–H and O–H groups in total. The first-order valence-corrected chi connectivity index (χ1v) is 7.71. The van der Waals surface area contributed by atoms with E-state index in [4.69, 9.17) is 9.84 Å². The lowest BCUT2D eigenvalue weighted by Gasteiger charge is -2.12. The minimum absolute atomic E-state index is 0.153. The van der Waals surface area contributed by atoms with E-state index in [0.29, 0.717) is 0 Å². The summed E-state index contributed by atoms with van der Waals surface area (Å²) in [7, 11) is 0. The Kier molecular flexibility index (Phi) is 5.36. The van der Waals surface area contributed by atoms with E-state index in [-0.39, 0.29) is 22.8 Å². The van der Waals surface area contributed by atoms with E-state index in [0.717, 1.165) is 12.1 Å². The van der Waals surface area contributed by atoms with Crippen molar-refractivity contribution in [3.05, 3.63) is 65.1 Å². The molecule has 0 spiro atoms. The molecule has 0 amide bonds. The molecule has 0 fully saturated rings. The molecule has 1 aromatic heterocycles. The van der Waals surface area contributed by atoms with Crippen LogP contribution in [0.15, 0.2) is 42.5 Å². The molecule has 0 bridgehead atoms. The summed E-state index contributed by atoms with van der Waals surface area (Å²) in [6.07, 6.45) is -5.02. The number of hydrogen-bond donors (Lipinski definition) is 2. The van der Waals surface area contributed by atoms with Crippen molar-refractivity contribution in [1.29, 1.82) is 0 Å². The molecule has 0 radical (unpaired) electrons. The molecule has 29 heavy (non-hydrogen) atoms. The number of aromatic amines is 1. The monoisotopic (exact) mass is 407 g/mol. The quantitative estimate of drug-likeness (QED) is 0.505. The van der Waals surface area contributed by atoms with Crippen molar-refractivity contribution in [2.75, 3.05) is 0 Å². The second-order valence-corrected chi connectivity index (χ2v) is 5.36. The fourth-order valence-corrected chi connectivity index (χ4v) is 2.13. The van der Waals surface area contributed by atoms with Gasteiger partial charge in [-0.15, -0.1) is 18.3 Å². The highest BCUT2D eigenvalue weighted by Gasteiger charge is 2.32. The predicted octanol–water partition coefficient (Wildman–Crippen LogP) is 3.73. The summed E-state index contributed by atoms with van der Waals surface area (Å²) in [6, 6.07) is 8.49. The molecule has 0 saturated carbocycles. The van der Waals surface area contributed by atoms with Gasteiger partial charge in [0, 0.05) is 11.6 Å². The average molecular weight is 407 g/mol. The first-order chi connectivity index (χ1) is 13.7. The number of carbonyl (C=O) groups is 1. The Bertz CT molecular complexity index is 1120. The number of carboxylic acid groups (broad SMARTS) is 1. The SMILES string of the molecule is O=C(O)c1nn[nH]c1Oc1ccc(C#Cc2cccc(F)c2)c(OC(F)(F)F)c1. The lowest BCUT2D eigenvalue weighted by Crippen LogP contribution is -2.17. The Labute approximate surface area is 159 Å². The van der Waals surface area contributed by atoms with E-state index in [2.05, 4.69) is 32.0 Å². The van der Waals surface area contributed by atoms with Crippen LogP contribution in [-0.2, 0) is 0 Å². The number of nitrogens with one attached hydrogen (secondary N) is 1. The number of ether oxygens (including phenoxy) is 2. The van der Waals surface area contributed by atoms with E-state index >= 15 is 0 Å². The number of nitrogens with zero attached hydrogens (tertiary/aromatic N) is 2. The summed E-state index contributed by atoms with van der Waals surface area (Å²) in [5.41, 5.74) is -0.462. The van der Waals surface area contributed by atoms with Crippen LogP contribution in [0.1, 0.15) is 21.6 Å². The molecule has 3 rings (SSSR count). The highest BCUT2D eigenvalue weighted by atomic mass is 19.4. The zero-order valence-electron chi connectivity index (χ0n) is 14.1. The number of aromatic nitrogens is 3. The smallest absolute Gasteiger partial charge is 0.476 e. The minimum atomic E-state index is -5.02. The van der Waals surface area contributed by atoms with Crippen molar-refractivity contribution in [1.82, 2.24) is 15.4 Å². The lowest BCUT2D eigenvalue weighted by atomic mass is 10.1. The molecular formula is C18H9F4N3O4. The summed E-state index contributed by atoms with van der Waals surface area (Å²) < 4.78 is 60.6.